The lowest BCUT2D eigenvalue weighted by Crippen LogP contribution is -2.28. The van der Waals surface area contributed by atoms with Crippen molar-refractivity contribution in [2.45, 2.75) is 6.92 Å². The van der Waals surface area contributed by atoms with Crippen molar-refractivity contribution in [2.24, 2.45) is 5.10 Å². The van der Waals surface area contributed by atoms with Gasteiger partial charge in [0.1, 0.15) is 5.82 Å². The van der Waals surface area contributed by atoms with E-state index in [9.17, 15) is 14.0 Å². The molecular weight excluding hydrogens is 370 g/mol. The van der Waals surface area contributed by atoms with E-state index in [-0.39, 0.29) is 17.2 Å². The summed E-state index contributed by atoms with van der Waals surface area (Å²) < 4.78 is 18.6. The molecule has 0 bridgehead atoms. The molecule has 0 spiro atoms. The third kappa shape index (κ3) is 4.78. The molecule has 5 nitrogen and oxygen atoms in total. The number of ketones is 1. The van der Waals surface area contributed by atoms with E-state index >= 15 is 0 Å². The Morgan fingerprint density at radius 1 is 1.16 bits per heavy atom. The average molecular weight is 383 g/mol. The van der Waals surface area contributed by atoms with E-state index in [4.69, 9.17) is 27.9 Å². The largest absolute Gasteiger partial charge is 0.461 e. The quantitative estimate of drug-likeness (QED) is 0.265. The van der Waals surface area contributed by atoms with Crippen LogP contribution in [0.4, 0.5) is 10.1 Å². The number of carbonyl (C=O) groups excluding carboxylic acids is 2. The summed E-state index contributed by atoms with van der Waals surface area (Å²) in [5.74, 6) is -2.63. The Morgan fingerprint density at radius 3 is 2.52 bits per heavy atom. The van der Waals surface area contributed by atoms with Gasteiger partial charge in [-0.3, -0.25) is 10.2 Å². The molecule has 0 amide bonds. The van der Waals surface area contributed by atoms with Crippen LogP contribution in [0.3, 0.4) is 0 Å². The molecule has 0 radical (unpaired) electrons. The molecule has 0 saturated carbocycles. The summed E-state index contributed by atoms with van der Waals surface area (Å²) in [6, 6.07) is 9.81. The van der Waals surface area contributed by atoms with Crippen LogP contribution < -0.4 is 5.43 Å². The molecule has 0 fully saturated rings. The molecule has 1 N–H and O–H groups in total. The highest BCUT2D eigenvalue weighted by Gasteiger charge is 2.25. The van der Waals surface area contributed by atoms with Crippen LogP contribution in [0.25, 0.3) is 0 Å². The number of nitrogens with one attached hydrogen (secondary N) is 1. The fourth-order valence-electron chi connectivity index (χ4n) is 1.85. The molecule has 0 unspecified atom stereocenters. The number of carbonyl (C=O) groups is 2. The minimum absolute atomic E-state index is 0.0369. The molecule has 0 atom stereocenters. The standard InChI is InChI=1S/C17H13Cl2FN2O3/c1-2-25-17(24)15(16(23)11-5-3-4-6-14(11)20)22-21-10-7-8-12(18)13(19)9-10/h3-9,21H,2H2,1H3. The Kier molecular flexibility index (Phi) is 6.50. The number of hydrogen-bond donors (Lipinski definition) is 1. The second kappa shape index (κ2) is 8.60. The molecular formula is C17H13Cl2FN2O3. The van der Waals surface area contributed by atoms with Crippen LogP contribution in [0.5, 0.6) is 0 Å². The highest BCUT2D eigenvalue weighted by molar-refractivity contribution is 6.67. The van der Waals surface area contributed by atoms with Gasteiger partial charge in [-0.15, -0.1) is 0 Å². The van der Waals surface area contributed by atoms with Crippen LogP contribution >= 0.6 is 23.2 Å². The maximum absolute atomic E-state index is 13.8. The number of ether oxygens (including phenoxy) is 1. The zero-order chi connectivity index (χ0) is 18.4. The van der Waals surface area contributed by atoms with E-state index in [0.717, 1.165) is 6.07 Å². The van der Waals surface area contributed by atoms with Gasteiger partial charge in [-0.2, -0.15) is 5.10 Å². The van der Waals surface area contributed by atoms with Gasteiger partial charge in [0, 0.05) is 0 Å². The van der Waals surface area contributed by atoms with Crippen LogP contribution in [0.1, 0.15) is 17.3 Å². The zero-order valence-corrected chi connectivity index (χ0v) is 14.6. The highest BCUT2D eigenvalue weighted by atomic mass is 35.5. The third-order valence-electron chi connectivity index (χ3n) is 3.02. The van der Waals surface area contributed by atoms with E-state index in [0.29, 0.717) is 10.7 Å². The molecule has 0 heterocycles. The van der Waals surface area contributed by atoms with Crippen molar-refractivity contribution in [3.05, 3.63) is 63.9 Å². The molecule has 0 aliphatic rings. The lowest BCUT2D eigenvalue weighted by molar-refractivity contribution is -0.134. The molecule has 25 heavy (non-hydrogen) atoms. The van der Waals surface area contributed by atoms with Crippen molar-refractivity contribution in [3.8, 4) is 0 Å². The number of hydrogen-bond acceptors (Lipinski definition) is 5. The van der Waals surface area contributed by atoms with Crippen LogP contribution in [-0.2, 0) is 9.53 Å². The van der Waals surface area contributed by atoms with Crippen molar-refractivity contribution in [1.29, 1.82) is 0 Å². The summed E-state index contributed by atoms with van der Waals surface area (Å²) in [4.78, 5) is 24.5. The Labute approximate surface area is 153 Å². The van der Waals surface area contributed by atoms with Gasteiger partial charge in [-0.1, -0.05) is 35.3 Å². The van der Waals surface area contributed by atoms with Gasteiger partial charge in [-0.05, 0) is 37.3 Å². The van der Waals surface area contributed by atoms with Crippen LogP contribution in [0.2, 0.25) is 10.0 Å². The van der Waals surface area contributed by atoms with Gasteiger partial charge in [0.15, 0.2) is 0 Å². The predicted molar refractivity (Wildman–Crippen MR) is 94.9 cm³/mol. The van der Waals surface area contributed by atoms with Crippen molar-refractivity contribution < 1.29 is 18.7 Å². The van der Waals surface area contributed by atoms with Crippen molar-refractivity contribution in [3.63, 3.8) is 0 Å². The fourth-order valence-corrected chi connectivity index (χ4v) is 2.15. The van der Waals surface area contributed by atoms with E-state index < -0.39 is 23.3 Å². The summed E-state index contributed by atoms with van der Waals surface area (Å²) in [6.07, 6.45) is 0. The van der Waals surface area contributed by atoms with Crippen molar-refractivity contribution in [2.75, 3.05) is 12.0 Å². The predicted octanol–water partition coefficient (Wildman–Crippen LogP) is 4.35. The van der Waals surface area contributed by atoms with E-state index in [2.05, 4.69) is 10.5 Å². The fraction of sp³-hybridized carbons (Fsp3) is 0.118. The van der Waals surface area contributed by atoms with Gasteiger partial charge in [0.25, 0.3) is 0 Å². The minimum atomic E-state index is -0.969. The monoisotopic (exact) mass is 382 g/mol. The number of rotatable bonds is 6. The first-order valence-electron chi connectivity index (χ1n) is 7.19. The Bertz CT molecular complexity index is 840. The first-order chi connectivity index (χ1) is 11.9. The van der Waals surface area contributed by atoms with E-state index in [1.165, 1.54) is 30.3 Å². The highest BCUT2D eigenvalue weighted by Crippen LogP contribution is 2.25. The molecule has 0 aliphatic heterocycles. The second-order valence-corrected chi connectivity index (χ2v) is 5.54. The molecule has 130 valence electrons. The van der Waals surface area contributed by atoms with E-state index in [1.54, 1.807) is 13.0 Å². The van der Waals surface area contributed by atoms with Gasteiger partial charge in [0.05, 0.1) is 27.9 Å². The smallest absolute Gasteiger partial charge is 0.362 e. The number of nitrogens with zero attached hydrogens (tertiary/aromatic N) is 1. The summed E-state index contributed by atoms with van der Waals surface area (Å²) in [6.45, 7) is 1.62. The van der Waals surface area contributed by atoms with Gasteiger partial charge >= 0.3 is 5.97 Å². The third-order valence-corrected chi connectivity index (χ3v) is 3.76. The second-order valence-electron chi connectivity index (χ2n) is 4.73. The van der Waals surface area contributed by atoms with Crippen molar-refractivity contribution in [1.82, 2.24) is 0 Å². The normalized spacial score (nSPS) is 11.1. The lowest BCUT2D eigenvalue weighted by atomic mass is 10.1. The summed E-state index contributed by atoms with van der Waals surface area (Å²) in [5.41, 5.74) is 2.04. The molecule has 0 saturated heterocycles. The summed E-state index contributed by atoms with van der Waals surface area (Å²) in [5, 5.41) is 4.38. The first-order valence-corrected chi connectivity index (χ1v) is 7.94. The van der Waals surface area contributed by atoms with Crippen LogP contribution in [0.15, 0.2) is 47.6 Å². The maximum Gasteiger partial charge on any atom is 0.362 e. The van der Waals surface area contributed by atoms with Gasteiger partial charge in [-0.25, -0.2) is 9.18 Å². The number of hydrazone groups is 1. The molecule has 2 aromatic carbocycles. The Balaban J connectivity index is 2.35. The summed E-state index contributed by atoms with van der Waals surface area (Å²) >= 11 is 11.7. The van der Waals surface area contributed by atoms with Crippen LogP contribution in [-0.4, -0.2) is 24.1 Å². The molecule has 0 aromatic heterocycles. The van der Waals surface area contributed by atoms with Gasteiger partial charge < -0.3 is 4.74 Å². The molecule has 2 rings (SSSR count). The Morgan fingerprint density at radius 2 is 1.88 bits per heavy atom. The SMILES string of the molecule is CCOC(=O)C(=NNc1ccc(Cl)c(Cl)c1)C(=O)c1ccccc1F. The van der Waals surface area contributed by atoms with Crippen LogP contribution in [0, 0.1) is 5.82 Å². The van der Waals surface area contributed by atoms with E-state index in [1.807, 2.05) is 0 Å². The summed E-state index contributed by atoms with van der Waals surface area (Å²) in [7, 11) is 0. The number of esters is 1. The van der Waals surface area contributed by atoms with Gasteiger partial charge in [0.2, 0.25) is 11.5 Å². The first kappa shape index (κ1) is 18.9. The number of halogens is 3. The lowest BCUT2D eigenvalue weighted by Gasteiger charge is -2.08. The topological polar surface area (TPSA) is 67.8 Å². The minimum Gasteiger partial charge on any atom is -0.461 e. The number of benzene rings is 2. The number of Topliss-reactive ketones (excluding diaryl/α,β-unsaturated/α-hetero) is 1. The maximum atomic E-state index is 13.8. The Hall–Kier alpha value is -2.44. The molecule has 8 heteroatoms. The molecule has 0 aliphatic carbocycles. The number of anilines is 1. The van der Waals surface area contributed by atoms with Crippen molar-refractivity contribution >= 4 is 46.4 Å². The average Bonchev–Trinajstić information content (AvgIpc) is 2.58. The zero-order valence-electron chi connectivity index (χ0n) is 13.1. The molecule has 2 aromatic rings.